The Balaban J connectivity index is 1.38. The van der Waals surface area contributed by atoms with Crippen LogP contribution in [-0.4, -0.2) is 53.7 Å². The zero-order chi connectivity index (χ0) is 18.1. The van der Waals surface area contributed by atoms with Gasteiger partial charge in [-0.1, -0.05) is 6.07 Å². The van der Waals surface area contributed by atoms with Crippen LogP contribution in [0.3, 0.4) is 0 Å². The highest BCUT2D eigenvalue weighted by Gasteiger charge is 2.37. The van der Waals surface area contributed by atoms with Crippen molar-refractivity contribution >= 4 is 17.6 Å². The summed E-state index contributed by atoms with van der Waals surface area (Å²) in [6.07, 6.45) is 4.57. The van der Waals surface area contributed by atoms with Gasteiger partial charge in [-0.2, -0.15) is 0 Å². The van der Waals surface area contributed by atoms with Crippen molar-refractivity contribution in [2.45, 2.75) is 50.7 Å². The number of aliphatic carboxylic acids is 1. The highest BCUT2D eigenvalue weighted by atomic mass is 16.5. The molecule has 4 rings (SSSR count). The molecule has 2 fully saturated rings. The normalized spacial score (nSPS) is 26.2. The van der Waals surface area contributed by atoms with Gasteiger partial charge in [0.2, 0.25) is 0 Å². The number of ether oxygens (including phenoxy) is 1. The average Bonchev–Trinajstić information content (AvgIpc) is 3.18. The molecule has 3 aliphatic rings. The van der Waals surface area contributed by atoms with Gasteiger partial charge in [-0.15, -0.1) is 0 Å². The summed E-state index contributed by atoms with van der Waals surface area (Å²) in [6, 6.07) is 5.95. The minimum atomic E-state index is -0.859. The summed E-state index contributed by atoms with van der Waals surface area (Å²) in [6.45, 7) is 2.41. The molecule has 3 heterocycles. The van der Waals surface area contributed by atoms with Gasteiger partial charge in [-0.3, -0.25) is 4.79 Å². The summed E-state index contributed by atoms with van der Waals surface area (Å²) in [5, 5.41) is 12.5. The Hall–Kier alpha value is -2.08. The minimum absolute atomic E-state index is 0.0297. The fraction of sp³-hybridized carbons (Fsp3) is 0.600. The lowest BCUT2D eigenvalue weighted by molar-refractivity contribution is -0.150. The number of rotatable bonds is 3. The number of nitrogens with one attached hydrogen (secondary N) is 1. The van der Waals surface area contributed by atoms with Crippen LogP contribution in [0, 0.1) is 5.92 Å². The Morgan fingerprint density at radius 2 is 1.96 bits per heavy atom. The molecule has 26 heavy (non-hydrogen) atoms. The van der Waals surface area contributed by atoms with Crippen molar-refractivity contribution in [3.05, 3.63) is 29.3 Å². The first-order chi connectivity index (χ1) is 12.6. The topological polar surface area (TPSA) is 78.9 Å². The van der Waals surface area contributed by atoms with E-state index < -0.39 is 12.1 Å². The molecule has 6 heteroatoms. The molecular weight excluding hydrogens is 332 g/mol. The van der Waals surface area contributed by atoms with Gasteiger partial charge in [0, 0.05) is 30.9 Å². The maximum Gasteiger partial charge on any atom is 0.332 e. The number of nitrogens with zero attached hydrogens (tertiary/aromatic N) is 1. The van der Waals surface area contributed by atoms with Gasteiger partial charge in [0.1, 0.15) is 0 Å². The fourth-order valence-corrected chi connectivity index (χ4v) is 4.55. The van der Waals surface area contributed by atoms with Crippen LogP contribution in [0.5, 0.6) is 0 Å². The quantitative estimate of drug-likeness (QED) is 0.868. The molecule has 1 amide bonds. The van der Waals surface area contributed by atoms with Crippen LogP contribution < -0.4 is 5.32 Å². The number of fused-ring (bicyclic) bond motifs is 1. The molecule has 1 aromatic carbocycles. The number of anilines is 1. The van der Waals surface area contributed by atoms with Crippen molar-refractivity contribution in [3.63, 3.8) is 0 Å². The van der Waals surface area contributed by atoms with E-state index in [9.17, 15) is 9.59 Å². The highest BCUT2D eigenvalue weighted by Crippen LogP contribution is 2.33. The highest BCUT2D eigenvalue weighted by molar-refractivity contribution is 5.97. The van der Waals surface area contributed by atoms with E-state index in [2.05, 4.69) is 5.32 Å². The first kappa shape index (κ1) is 17.3. The molecule has 1 aromatic rings. The standard InChI is InChI=1S/C20H26N2O4/c23-19(15-3-1-5-16-14(15)4-2-10-21-16)22-11-8-13(9-12-22)17-6-7-18(26-17)20(24)25/h1,3,5,13,17-18,21H,2,4,6-12H2,(H,24,25)/t17-,18+/m0/s1. The molecule has 140 valence electrons. The summed E-state index contributed by atoms with van der Waals surface area (Å²) in [7, 11) is 0. The van der Waals surface area contributed by atoms with Gasteiger partial charge in [0.05, 0.1) is 6.10 Å². The second-order valence-electron chi connectivity index (χ2n) is 7.57. The number of carbonyl (C=O) groups excluding carboxylic acids is 1. The Bertz CT molecular complexity index is 697. The van der Waals surface area contributed by atoms with Crippen LogP contribution in [0.25, 0.3) is 0 Å². The molecule has 2 N–H and O–H groups in total. The van der Waals surface area contributed by atoms with E-state index >= 15 is 0 Å². The number of hydrogen-bond acceptors (Lipinski definition) is 4. The summed E-state index contributed by atoms with van der Waals surface area (Å²) >= 11 is 0. The number of likely N-dealkylation sites (tertiary alicyclic amines) is 1. The number of hydrogen-bond donors (Lipinski definition) is 2. The smallest absolute Gasteiger partial charge is 0.332 e. The van der Waals surface area contributed by atoms with Crippen LogP contribution >= 0.6 is 0 Å². The lowest BCUT2D eigenvalue weighted by Crippen LogP contribution is -2.42. The molecule has 0 spiro atoms. The number of carboxylic acid groups (broad SMARTS) is 1. The van der Waals surface area contributed by atoms with Gasteiger partial charge < -0.3 is 20.1 Å². The van der Waals surface area contributed by atoms with E-state index in [0.29, 0.717) is 12.3 Å². The first-order valence-corrected chi connectivity index (χ1v) is 9.67. The maximum absolute atomic E-state index is 13.0. The van der Waals surface area contributed by atoms with Crippen LogP contribution in [0.15, 0.2) is 18.2 Å². The minimum Gasteiger partial charge on any atom is -0.479 e. The SMILES string of the molecule is O=C(O)[C@H]1CC[C@@H](C2CCN(C(=O)c3cccc4c3CCCN4)CC2)O1. The van der Waals surface area contributed by atoms with Gasteiger partial charge >= 0.3 is 5.97 Å². The molecule has 0 bridgehead atoms. The van der Waals surface area contributed by atoms with E-state index in [1.54, 1.807) is 0 Å². The zero-order valence-corrected chi connectivity index (χ0v) is 14.9. The molecule has 2 saturated heterocycles. The second-order valence-corrected chi connectivity index (χ2v) is 7.57. The Morgan fingerprint density at radius 3 is 2.69 bits per heavy atom. The first-order valence-electron chi connectivity index (χ1n) is 9.67. The Morgan fingerprint density at radius 1 is 1.15 bits per heavy atom. The summed E-state index contributed by atoms with van der Waals surface area (Å²) < 4.78 is 5.71. The van der Waals surface area contributed by atoms with Crippen molar-refractivity contribution in [1.82, 2.24) is 4.90 Å². The molecule has 6 nitrogen and oxygen atoms in total. The molecule has 2 atom stereocenters. The van der Waals surface area contributed by atoms with Crippen LogP contribution in [-0.2, 0) is 16.0 Å². The molecular formula is C20H26N2O4. The van der Waals surface area contributed by atoms with E-state index in [-0.39, 0.29) is 12.0 Å². The number of piperidine rings is 1. The van der Waals surface area contributed by atoms with Crippen molar-refractivity contribution in [1.29, 1.82) is 0 Å². The summed E-state index contributed by atoms with van der Waals surface area (Å²) in [5.41, 5.74) is 3.07. The van der Waals surface area contributed by atoms with Crippen LogP contribution in [0.2, 0.25) is 0 Å². The zero-order valence-electron chi connectivity index (χ0n) is 14.9. The van der Waals surface area contributed by atoms with Crippen molar-refractivity contribution in [2.75, 3.05) is 25.0 Å². The summed E-state index contributed by atoms with van der Waals surface area (Å²) in [5.74, 6) is -0.378. The summed E-state index contributed by atoms with van der Waals surface area (Å²) in [4.78, 5) is 26.0. The third kappa shape index (κ3) is 3.30. The molecule has 0 saturated carbocycles. The third-order valence-corrected chi connectivity index (χ3v) is 6.01. The van der Waals surface area contributed by atoms with E-state index in [0.717, 1.165) is 68.6 Å². The van der Waals surface area contributed by atoms with Gasteiger partial charge in [0.25, 0.3) is 5.91 Å². The molecule has 0 unspecified atom stereocenters. The van der Waals surface area contributed by atoms with Crippen molar-refractivity contribution < 1.29 is 19.4 Å². The van der Waals surface area contributed by atoms with Crippen LogP contribution in [0.1, 0.15) is 48.0 Å². The van der Waals surface area contributed by atoms with Crippen molar-refractivity contribution in [3.8, 4) is 0 Å². The second kappa shape index (κ2) is 7.27. The third-order valence-electron chi connectivity index (χ3n) is 6.01. The van der Waals surface area contributed by atoms with E-state index in [1.165, 1.54) is 0 Å². The van der Waals surface area contributed by atoms with Gasteiger partial charge in [-0.05, 0) is 62.1 Å². The lowest BCUT2D eigenvalue weighted by Gasteiger charge is -2.35. The Labute approximate surface area is 153 Å². The number of carboxylic acids is 1. The number of carbonyl (C=O) groups is 2. The maximum atomic E-state index is 13.0. The Kier molecular flexibility index (Phi) is 4.85. The average molecular weight is 358 g/mol. The number of amides is 1. The van der Waals surface area contributed by atoms with Crippen molar-refractivity contribution in [2.24, 2.45) is 5.92 Å². The number of benzene rings is 1. The van der Waals surface area contributed by atoms with Gasteiger partial charge in [0.15, 0.2) is 6.10 Å². The monoisotopic (exact) mass is 358 g/mol. The van der Waals surface area contributed by atoms with E-state index in [4.69, 9.17) is 9.84 Å². The molecule has 0 radical (unpaired) electrons. The van der Waals surface area contributed by atoms with Crippen LogP contribution in [0.4, 0.5) is 5.69 Å². The molecule has 3 aliphatic heterocycles. The molecule has 0 aliphatic carbocycles. The predicted octanol–water partition coefficient (Wildman–Crippen LogP) is 2.53. The van der Waals surface area contributed by atoms with Gasteiger partial charge in [-0.25, -0.2) is 4.79 Å². The predicted molar refractivity (Wildman–Crippen MR) is 97.4 cm³/mol. The fourth-order valence-electron chi connectivity index (χ4n) is 4.55. The molecule has 0 aromatic heterocycles. The van der Waals surface area contributed by atoms with E-state index in [1.807, 2.05) is 23.1 Å². The lowest BCUT2D eigenvalue weighted by atomic mass is 9.89. The largest absolute Gasteiger partial charge is 0.479 e.